The highest BCUT2D eigenvalue weighted by Gasteiger charge is 2.46. The minimum Gasteiger partial charge on any atom is -0.507 e. The molecule has 6 rings (SSSR count). The van der Waals surface area contributed by atoms with Gasteiger partial charge in [0, 0.05) is 29.1 Å². The molecule has 1 saturated carbocycles. The van der Waals surface area contributed by atoms with Gasteiger partial charge in [0.15, 0.2) is 16.6 Å². The van der Waals surface area contributed by atoms with Crippen molar-refractivity contribution < 1.29 is 9.50 Å². The average molecular weight is 478 g/mol. The minimum atomic E-state index is -0.942. The maximum absolute atomic E-state index is 15.4. The van der Waals surface area contributed by atoms with E-state index in [0.717, 1.165) is 38.5 Å². The Balaban J connectivity index is 1.25. The molecule has 4 atom stereocenters. The van der Waals surface area contributed by atoms with Crippen LogP contribution in [0.25, 0.3) is 22.6 Å². The molecule has 1 aromatic carbocycles. The van der Waals surface area contributed by atoms with Gasteiger partial charge < -0.3 is 15.3 Å². The van der Waals surface area contributed by atoms with Crippen molar-refractivity contribution in [1.29, 1.82) is 5.26 Å². The lowest BCUT2D eigenvalue weighted by atomic mass is 9.82. The molecule has 10 heteroatoms. The van der Waals surface area contributed by atoms with E-state index in [9.17, 15) is 5.11 Å². The number of hydrogen-bond acceptors (Lipinski definition) is 9. The number of fused-ring (bicyclic) bond motifs is 2. The van der Waals surface area contributed by atoms with E-state index in [0.29, 0.717) is 39.5 Å². The van der Waals surface area contributed by atoms with Crippen molar-refractivity contribution >= 4 is 17.2 Å². The summed E-state index contributed by atoms with van der Waals surface area (Å²) in [4.78, 5) is 10.8. The highest BCUT2D eigenvalue weighted by atomic mass is 32.1. The van der Waals surface area contributed by atoms with Gasteiger partial charge in [-0.25, -0.2) is 14.4 Å². The van der Waals surface area contributed by atoms with Crippen LogP contribution >= 0.6 is 11.3 Å². The quantitative estimate of drug-likeness (QED) is 0.570. The van der Waals surface area contributed by atoms with Crippen LogP contribution in [0.15, 0.2) is 29.8 Å². The first kappa shape index (κ1) is 21.4. The van der Waals surface area contributed by atoms with Crippen molar-refractivity contribution in [3.8, 4) is 34.5 Å². The topological polar surface area (TPSA) is 111 Å². The molecular weight excluding hydrogens is 453 g/mol. The molecule has 2 bridgehead atoms. The Kier molecular flexibility index (Phi) is 5.38. The molecule has 0 radical (unpaired) electrons. The van der Waals surface area contributed by atoms with Crippen LogP contribution in [0.3, 0.4) is 0 Å². The summed E-state index contributed by atoms with van der Waals surface area (Å²) in [7, 11) is 0. The van der Waals surface area contributed by atoms with Crippen LogP contribution in [-0.2, 0) is 0 Å². The highest BCUT2D eigenvalue weighted by molar-refractivity contribution is 7.10. The van der Waals surface area contributed by atoms with Gasteiger partial charge in [-0.2, -0.15) is 5.26 Å². The predicted octanol–water partition coefficient (Wildman–Crippen LogP) is 3.83. The van der Waals surface area contributed by atoms with Gasteiger partial charge in [0.2, 0.25) is 0 Å². The summed E-state index contributed by atoms with van der Waals surface area (Å²) in [6.07, 6.45) is 6.59. The first-order chi connectivity index (χ1) is 16.6. The fourth-order valence-electron chi connectivity index (χ4n) is 5.28. The second-order valence-electron chi connectivity index (χ2n) is 9.31. The minimum absolute atomic E-state index is 0.00705. The van der Waals surface area contributed by atoms with E-state index in [1.807, 2.05) is 6.07 Å². The number of halogens is 1. The van der Waals surface area contributed by atoms with Crippen LogP contribution in [0.2, 0.25) is 0 Å². The molecule has 2 aliphatic heterocycles. The number of alkyl halides is 1. The third-order valence-electron chi connectivity index (χ3n) is 7.04. The zero-order valence-corrected chi connectivity index (χ0v) is 19.2. The Hall–Kier alpha value is -3.16. The molecule has 0 amide bonds. The van der Waals surface area contributed by atoms with E-state index in [1.165, 1.54) is 11.3 Å². The van der Waals surface area contributed by atoms with Gasteiger partial charge in [-0.05, 0) is 44.2 Å². The molecule has 3 aromatic rings. The summed E-state index contributed by atoms with van der Waals surface area (Å²) >= 11 is 1.26. The maximum atomic E-state index is 15.4. The van der Waals surface area contributed by atoms with Gasteiger partial charge in [-0.15, -0.1) is 21.5 Å². The Labute approximate surface area is 200 Å². The number of phenols is 1. The molecule has 1 aliphatic carbocycles. The molecule has 2 N–H and O–H groups in total. The zero-order chi connectivity index (χ0) is 23.2. The smallest absolute Gasteiger partial charge is 0.194 e. The number of aromatic nitrogens is 4. The number of piperidine rings is 2. The fourth-order valence-corrected chi connectivity index (χ4v) is 5.89. The molecule has 2 aromatic heterocycles. The Bertz CT molecular complexity index is 1240. The molecular formula is C24H24FN7OS. The number of nitriles is 1. The summed E-state index contributed by atoms with van der Waals surface area (Å²) in [6.45, 7) is 0. The van der Waals surface area contributed by atoms with Crippen LogP contribution in [0, 0.1) is 11.3 Å². The highest BCUT2D eigenvalue weighted by Crippen LogP contribution is 2.39. The van der Waals surface area contributed by atoms with Crippen LogP contribution in [0.1, 0.15) is 43.5 Å². The first-order valence-electron chi connectivity index (χ1n) is 11.7. The number of nitrogens with one attached hydrogen (secondary N) is 1. The molecule has 8 nitrogen and oxygen atoms in total. The largest absolute Gasteiger partial charge is 0.507 e. The zero-order valence-electron chi connectivity index (χ0n) is 18.4. The lowest BCUT2D eigenvalue weighted by molar-refractivity contribution is 0.104. The van der Waals surface area contributed by atoms with Gasteiger partial charge in [-0.1, -0.05) is 12.5 Å². The third kappa shape index (κ3) is 3.89. The van der Waals surface area contributed by atoms with Crippen LogP contribution in [-0.4, -0.2) is 55.6 Å². The normalized spacial score (nSPS) is 26.1. The van der Waals surface area contributed by atoms with Crippen molar-refractivity contribution in [3.05, 3.63) is 34.8 Å². The van der Waals surface area contributed by atoms with Gasteiger partial charge in [-0.3, -0.25) is 0 Å². The molecule has 0 spiro atoms. The van der Waals surface area contributed by atoms with Gasteiger partial charge >= 0.3 is 0 Å². The number of hydrogen-bond donors (Lipinski definition) is 2. The number of thiazole rings is 1. The number of benzene rings is 1. The van der Waals surface area contributed by atoms with E-state index >= 15 is 4.39 Å². The summed E-state index contributed by atoms with van der Waals surface area (Å²) in [5, 5.41) is 33.9. The SMILES string of the molecule is N#Cc1nc(-c2ccc(-c3ncc(N(C4CC4)[C@H]4C[C@H]5CCC[C@H](N5)[C@H]4F)nn3)c(O)c2)cs1. The van der Waals surface area contributed by atoms with Gasteiger partial charge in [0.1, 0.15) is 18.0 Å². The van der Waals surface area contributed by atoms with Crippen LogP contribution < -0.4 is 10.2 Å². The maximum Gasteiger partial charge on any atom is 0.194 e. The number of phenolic OH excluding ortho intramolecular Hbond substituents is 1. The molecule has 34 heavy (non-hydrogen) atoms. The lowest BCUT2D eigenvalue weighted by Crippen LogP contribution is -2.62. The lowest BCUT2D eigenvalue weighted by Gasteiger charge is -2.47. The standard InChI is InChI=1S/C24H24FN7OS/c25-23-17-3-1-2-14(28-17)9-19(23)32(15-5-6-15)21-11-27-24(31-30-21)16-7-4-13(8-20(16)33)18-12-34-22(10-26)29-18/h4,7-8,11-12,14-15,17,19,23,28,33H,1-3,5-6,9H2/t14-,17+,19+,23-/m1/s1. The second-order valence-corrected chi connectivity index (χ2v) is 10.2. The van der Waals surface area contributed by atoms with Crippen LogP contribution in [0.4, 0.5) is 10.2 Å². The van der Waals surface area contributed by atoms with Crippen LogP contribution in [0.5, 0.6) is 5.75 Å². The third-order valence-corrected chi connectivity index (χ3v) is 7.79. The molecule has 0 unspecified atom stereocenters. The number of rotatable bonds is 5. The Morgan fingerprint density at radius 1 is 1.21 bits per heavy atom. The Morgan fingerprint density at radius 2 is 2.09 bits per heavy atom. The van der Waals surface area contributed by atoms with Gasteiger partial charge in [0.25, 0.3) is 0 Å². The van der Waals surface area contributed by atoms with Crippen molar-refractivity contribution in [2.75, 3.05) is 4.90 Å². The van der Waals surface area contributed by atoms with Gasteiger partial charge in [0.05, 0.1) is 23.5 Å². The first-order valence-corrected chi connectivity index (χ1v) is 12.6. The summed E-state index contributed by atoms with van der Waals surface area (Å²) in [6, 6.07) is 7.47. The summed E-state index contributed by atoms with van der Waals surface area (Å²) in [5.41, 5.74) is 1.79. The number of nitrogens with zero attached hydrogens (tertiary/aromatic N) is 6. The van der Waals surface area contributed by atoms with E-state index < -0.39 is 6.17 Å². The van der Waals surface area contributed by atoms with E-state index in [1.54, 1.807) is 29.8 Å². The molecule has 2 saturated heterocycles. The Morgan fingerprint density at radius 3 is 2.79 bits per heavy atom. The molecule has 3 aliphatic rings. The van der Waals surface area contributed by atoms with Crippen molar-refractivity contribution in [3.63, 3.8) is 0 Å². The summed E-state index contributed by atoms with van der Waals surface area (Å²) < 4.78 is 15.4. The fraction of sp³-hybridized carbons (Fsp3) is 0.458. The number of aromatic hydroxyl groups is 1. The monoisotopic (exact) mass is 477 g/mol. The molecule has 174 valence electrons. The van der Waals surface area contributed by atoms with E-state index in [4.69, 9.17) is 5.26 Å². The van der Waals surface area contributed by atoms with Crippen molar-refractivity contribution in [2.45, 2.75) is 68.9 Å². The number of anilines is 1. The molecule has 3 fully saturated rings. The van der Waals surface area contributed by atoms with E-state index in [-0.39, 0.29) is 23.9 Å². The predicted molar refractivity (Wildman–Crippen MR) is 126 cm³/mol. The van der Waals surface area contributed by atoms with Crippen molar-refractivity contribution in [1.82, 2.24) is 25.5 Å². The second kappa shape index (κ2) is 8.56. The van der Waals surface area contributed by atoms with E-state index in [2.05, 4.69) is 30.4 Å². The summed E-state index contributed by atoms with van der Waals surface area (Å²) in [5.74, 6) is 0.910. The van der Waals surface area contributed by atoms with Crippen molar-refractivity contribution in [2.24, 2.45) is 0 Å². The molecule has 4 heterocycles. The average Bonchev–Trinajstić information content (AvgIpc) is 3.57.